The van der Waals surface area contributed by atoms with Gasteiger partial charge >= 0.3 is 0 Å². The lowest BCUT2D eigenvalue weighted by Gasteiger charge is -2.17. The zero-order valence-electron chi connectivity index (χ0n) is 12.2. The Hall–Kier alpha value is -0.900. The highest BCUT2D eigenvalue weighted by Gasteiger charge is 2.13. The molecule has 2 rings (SSSR count). The van der Waals surface area contributed by atoms with E-state index in [4.69, 9.17) is 11.6 Å². The van der Waals surface area contributed by atoms with Gasteiger partial charge in [-0.15, -0.1) is 11.3 Å². The third-order valence-corrected chi connectivity index (χ3v) is 4.60. The van der Waals surface area contributed by atoms with Crippen molar-refractivity contribution in [3.63, 3.8) is 0 Å². The van der Waals surface area contributed by atoms with Crippen molar-refractivity contribution in [2.45, 2.75) is 39.7 Å². The summed E-state index contributed by atoms with van der Waals surface area (Å²) in [5.41, 5.74) is 3.51. The normalized spacial score (nSPS) is 12.6. The predicted molar refractivity (Wildman–Crippen MR) is 87.9 cm³/mol. The summed E-state index contributed by atoms with van der Waals surface area (Å²) in [6.45, 7) is 7.20. The van der Waals surface area contributed by atoms with E-state index in [0.717, 1.165) is 30.1 Å². The molecule has 0 amide bonds. The summed E-state index contributed by atoms with van der Waals surface area (Å²) in [6, 6.07) is 6.67. The molecule has 0 fully saturated rings. The van der Waals surface area contributed by atoms with Crippen LogP contribution in [0, 0.1) is 13.8 Å². The smallest absolute Gasteiger partial charge is 0.0943 e. The summed E-state index contributed by atoms with van der Waals surface area (Å²) < 4.78 is 0. The average Bonchev–Trinajstić information content (AvgIpc) is 2.78. The van der Waals surface area contributed by atoms with E-state index in [1.54, 1.807) is 11.3 Å². The van der Waals surface area contributed by atoms with Crippen LogP contribution in [0.1, 0.15) is 28.8 Å². The van der Waals surface area contributed by atoms with Crippen molar-refractivity contribution in [2.24, 2.45) is 0 Å². The Kier molecular flexibility index (Phi) is 5.58. The third-order valence-electron chi connectivity index (χ3n) is 3.26. The summed E-state index contributed by atoms with van der Waals surface area (Å²) in [5.74, 6) is 0. The molecule has 0 aliphatic carbocycles. The minimum atomic E-state index is 0.380. The summed E-state index contributed by atoms with van der Waals surface area (Å²) in [7, 11) is 0. The first kappa shape index (κ1) is 15.5. The molecule has 0 spiro atoms. The minimum Gasteiger partial charge on any atom is -0.314 e. The number of aryl methyl sites for hydroxylation is 2. The summed E-state index contributed by atoms with van der Waals surface area (Å²) in [4.78, 5) is 4.56. The maximum absolute atomic E-state index is 6.34. The predicted octanol–water partition coefficient (Wildman–Crippen LogP) is 4.18. The van der Waals surface area contributed by atoms with Gasteiger partial charge in [0.15, 0.2) is 0 Å². The van der Waals surface area contributed by atoms with Crippen LogP contribution in [-0.4, -0.2) is 17.6 Å². The van der Waals surface area contributed by atoms with Crippen molar-refractivity contribution in [3.05, 3.63) is 50.4 Å². The Balaban J connectivity index is 2.08. The van der Waals surface area contributed by atoms with Gasteiger partial charge in [0, 0.05) is 28.6 Å². The first-order valence-electron chi connectivity index (χ1n) is 6.98. The molecular formula is C16H21ClN2S. The second kappa shape index (κ2) is 7.21. The van der Waals surface area contributed by atoms with Crippen molar-refractivity contribution in [3.8, 4) is 0 Å². The molecule has 4 heteroatoms. The third kappa shape index (κ3) is 4.30. The average molecular weight is 309 g/mol. The number of aromatic nitrogens is 1. The molecule has 0 aliphatic heterocycles. The first-order valence-corrected chi connectivity index (χ1v) is 8.23. The van der Waals surface area contributed by atoms with Crippen LogP contribution in [0.3, 0.4) is 0 Å². The van der Waals surface area contributed by atoms with E-state index >= 15 is 0 Å². The van der Waals surface area contributed by atoms with E-state index < -0.39 is 0 Å². The monoisotopic (exact) mass is 308 g/mol. The number of likely N-dealkylation sites (N-methyl/N-ethyl adjacent to an activating group) is 1. The highest BCUT2D eigenvalue weighted by molar-refractivity contribution is 7.09. The van der Waals surface area contributed by atoms with E-state index in [-0.39, 0.29) is 0 Å². The Morgan fingerprint density at radius 2 is 2.10 bits per heavy atom. The fourth-order valence-corrected chi connectivity index (χ4v) is 3.46. The summed E-state index contributed by atoms with van der Waals surface area (Å²) in [6.07, 6.45) is 1.89. The lowest BCUT2D eigenvalue weighted by atomic mass is 10.0. The lowest BCUT2D eigenvalue weighted by molar-refractivity contribution is 0.520. The maximum atomic E-state index is 6.34. The lowest BCUT2D eigenvalue weighted by Crippen LogP contribution is -2.33. The van der Waals surface area contributed by atoms with Crippen molar-refractivity contribution in [2.75, 3.05) is 6.54 Å². The number of nitrogens with one attached hydrogen (secondary N) is 1. The van der Waals surface area contributed by atoms with Gasteiger partial charge in [0.25, 0.3) is 0 Å². The van der Waals surface area contributed by atoms with Gasteiger partial charge in [0.1, 0.15) is 0 Å². The summed E-state index contributed by atoms with van der Waals surface area (Å²) in [5, 5.41) is 7.70. The topological polar surface area (TPSA) is 24.9 Å². The van der Waals surface area contributed by atoms with Crippen LogP contribution in [-0.2, 0) is 12.8 Å². The van der Waals surface area contributed by atoms with Gasteiger partial charge < -0.3 is 5.32 Å². The maximum Gasteiger partial charge on any atom is 0.0943 e. The van der Waals surface area contributed by atoms with E-state index in [0.29, 0.717) is 6.04 Å². The number of hydrogen-bond donors (Lipinski definition) is 1. The molecule has 0 aliphatic rings. The van der Waals surface area contributed by atoms with Crippen molar-refractivity contribution >= 4 is 22.9 Å². The standard InChI is InChI=1S/C16H21ClN2S/c1-4-18-14(9-16-19-12(3)10-20-16)8-13-6-5-11(2)7-15(13)17/h5-7,10,14,18H,4,8-9H2,1-3H3. The second-order valence-electron chi connectivity index (χ2n) is 5.14. The fraction of sp³-hybridized carbons (Fsp3) is 0.438. The molecule has 1 unspecified atom stereocenters. The summed E-state index contributed by atoms with van der Waals surface area (Å²) >= 11 is 8.08. The van der Waals surface area contributed by atoms with Gasteiger partial charge in [-0.2, -0.15) is 0 Å². The van der Waals surface area contributed by atoms with Crippen LogP contribution in [0.2, 0.25) is 5.02 Å². The molecule has 108 valence electrons. The molecule has 1 N–H and O–H groups in total. The zero-order chi connectivity index (χ0) is 14.5. The molecule has 0 bridgehead atoms. The molecular weight excluding hydrogens is 288 g/mol. The van der Waals surface area contributed by atoms with Crippen LogP contribution in [0.5, 0.6) is 0 Å². The van der Waals surface area contributed by atoms with Gasteiger partial charge in [-0.25, -0.2) is 4.98 Å². The largest absolute Gasteiger partial charge is 0.314 e. The Labute approximate surface area is 130 Å². The minimum absolute atomic E-state index is 0.380. The quantitative estimate of drug-likeness (QED) is 0.866. The van der Waals surface area contributed by atoms with E-state index in [1.165, 1.54) is 16.1 Å². The van der Waals surface area contributed by atoms with Crippen LogP contribution >= 0.6 is 22.9 Å². The number of thiazole rings is 1. The number of hydrogen-bond acceptors (Lipinski definition) is 3. The zero-order valence-corrected chi connectivity index (χ0v) is 13.8. The number of benzene rings is 1. The molecule has 20 heavy (non-hydrogen) atoms. The molecule has 0 saturated carbocycles. The van der Waals surface area contributed by atoms with Crippen LogP contribution in [0.4, 0.5) is 0 Å². The van der Waals surface area contributed by atoms with Crippen molar-refractivity contribution in [1.82, 2.24) is 10.3 Å². The molecule has 0 radical (unpaired) electrons. The molecule has 1 aromatic heterocycles. The molecule has 1 atom stereocenters. The molecule has 1 heterocycles. The molecule has 1 aromatic carbocycles. The Bertz CT molecular complexity index is 565. The van der Waals surface area contributed by atoms with Crippen LogP contribution in [0.25, 0.3) is 0 Å². The van der Waals surface area contributed by atoms with E-state index in [9.17, 15) is 0 Å². The number of halogens is 1. The van der Waals surface area contributed by atoms with Crippen molar-refractivity contribution in [1.29, 1.82) is 0 Å². The SMILES string of the molecule is CCNC(Cc1nc(C)cs1)Cc1ccc(C)cc1Cl. The molecule has 0 saturated heterocycles. The van der Waals surface area contributed by atoms with E-state index in [1.807, 2.05) is 13.0 Å². The van der Waals surface area contributed by atoms with Gasteiger partial charge in [-0.05, 0) is 44.0 Å². The van der Waals surface area contributed by atoms with Gasteiger partial charge in [-0.3, -0.25) is 0 Å². The fourth-order valence-electron chi connectivity index (χ4n) is 2.30. The van der Waals surface area contributed by atoms with Crippen molar-refractivity contribution < 1.29 is 0 Å². The van der Waals surface area contributed by atoms with Crippen LogP contribution < -0.4 is 5.32 Å². The Morgan fingerprint density at radius 3 is 2.70 bits per heavy atom. The van der Waals surface area contributed by atoms with Gasteiger partial charge in [0.2, 0.25) is 0 Å². The Morgan fingerprint density at radius 1 is 1.30 bits per heavy atom. The molecule has 2 nitrogen and oxygen atoms in total. The first-order chi connectivity index (χ1) is 9.58. The highest BCUT2D eigenvalue weighted by Crippen LogP contribution is 2.21. The van der Waals surface area contributed by atoms with Gasteiger partial charge in [0.05, 0.1) is 5.01 Å². The highest BCUT2D eigenvalue weighted by atomic mass is 35.5. The van der Waals surface area contributed by atoms with Crippen LogP contribution in [0.15, 0.2) is 23.6 Å². The van der Waals surface area contributed by atoms with E-state index in [2.05, 4.69) is 41.7 Å². The number of rotatable bonds is 6. The molecule has 2 aromatic rings. The van der Waals surface area contributed by atoms with Gasteiger partial charge in [-0.1, -0.05) is 30.7 Å². The second-order valence-corrected chi connectivity index (χ2v) is 6.49. The number of nitrogens with zero attached hydrogens (tertiary/aromatic N) is 1.